The van der Waals surface area contributed by atoms with Gasteiger partial charge >= 0.3 is 0 Å². The molecule has 3 rings (SSSR count). The molecule has 1 N–H and O–H groups in total. The number of rotatable bonds is 4. The Kier molecular flexibility index (Phi) is 2.88. The lowest BCUT2D eigenvalue weighted by Gasteiger charge is -2.08. The van der Waals surface area contributed by atoms with Crippen molar-refractivity contribution in [2.45, 2.75) is 25.7 Å². The van der Waals surface area contributed by atoms with Gasteiger partial charge in [-0.3, -0.25) is 0 Å². The third-order valence-corrected chi connectivity index (χ3v) is 2.90. The lowest BCUT2D eigenvalue weighted by atomic mass is 10.2. The summed E-state index contributed by atoms with van der Waals surface area (Å²) in [5, 5.41) is 3.25. The van der Waals surface area contributed by atoms with Crippen LogP contribution in [0.3, 0.4) is 0 Å². The maximum Gasteiger partial charge on any atom is 0.134 e. The molecule has 2 aromatic heterocycles. The molecule has 18 heavy (non-hydrogen) atoms. The fourth-order valence-corrected chi connectivity index (χ4v) is 1.84. The molecule has 0 unspecified atom stereocenters. The molecule has 0 saturated heterocycles. The maximum atomic E-state index is 4.62. The minimum absolute atomic E-state index is 0.534. The van der Waals surface area contributed by atoms with E-state index in [2.05, 4.69) is 32.2 Å². The Hall–Kier alpha value is -2.04. The lowest BCUT2D eigenvalue weighted by Crippen LogP contribution is -2.04. The molecule has 5 nitrogen and oxygen atoms in total. The summed E-state index contributed by atoms with van der Waals surface area (Å²) in [6.45, 7) is 2.91. The Balaban J connectivity index is 2.02. The van der Waals surface area contributed by atoms with E-state index in [0.717, 1.165) is 29.4 Å². The molecule has 0 radical (unpaired) electrons. The molecule has 1 aliphatic rings. The van der Waals surface area contributed by atoms with Crippen molar-refractivity contribution >= 4 is 5.82 Å². The number of aromatic nitrogens is 4. The summed E-state index contributed by atoms with van der Waals surface area (Å²) < 4.78 is 0. The minimum atomic E-state index is 0.534. The van der Waals surface area contributed by atoms with E-state index < -0.39 is 0 Å². The zero-order valence-electron chi connectivity index (χ0n) is 10.3. The van der Waals surface area contributed by atoms with Crippen LogP contribution >= 0.6 is 0 Å². The number of nitrogens with zero attached hydrogens (tertiary/aromatic N) is 4. The molecule has 1 saturated carbocycles. The minimum Gasteiger partial charge on any atom is -0.370 e. The van der Waals surface area contributed by atoms with E-state index in [4.69, 9.17) is 0 Å². The molecule has 0 bridgehead atoms. The van der Waals surface area contributed by atoms with Crippen LogP contribution in [-0.2, 0) is 0 Å². The second kappa shape index (κ2) is 4.68. The van der Waals surface area contributed by atoms with Gasteiger partial charge in [0.1, 0.15) is 18.0 Å². The first-order valence-electron chi connectivity index (χ1n) is 6.25. The molecule has 2 heterocycles. The van der Waals surface area contributed by atoms with Gasteiger partial charge in [0.15, 0.2) is 0 Å². The maximum absolute atomic E-state index is 4.62. The van der Waals surface area contributed by atoms with E-state index in [1.807, 2.05) is 6.07 Å². The smallest absolute Gasteiger partial charge is 0.134 e. The van der Waals surface area contributed by atoms with Crippen molar-refractivity contribution < 1.29 is 0 Å². The Morgan fingerprint density at radius 3 is 2.67 bits per heavy atom. The molecule has 5 heteroatoms. The molecular weight excluding hydrogens is 226 g/mol. The Morgan fingerprint density at radius 1 is 1.22 bits per heavy atom. The van der Waals surface area contributed by atoms with Crippen molar-refractivity contribution in [3.05, 3.63) is 30.6 Å². The van der Waals surface area contributed by atoms with Crippen molar-refractivity contribution in [1.29, 1.82) is 0 Å². The molecule has 0 atom stereocenters. The highest BCUT2D eigenvalue weighted by Crippen LogP contribution is 2.39. The first-order chi connectivity index (χ1) is 8.86. The monoisotopic (exact) mass is 241 g/mol. The molecule has 1 aliphatic carbocycles. The number of anilines is 1. The van der Waals surface area contributed by atoms with Gasteiger partial charge in [0.25, 0.3) is 0 Å². The average Bonchev–Trinajstić information content (AvgIpc) is 3.24. The largest absolute Gasteiger partial charge is 0.370 e. The molecule has 92 valence electrons. The van der Waals surface area contributed by atoms with Crippen LogP contribution in [0.2, 0.25) is 0 Å². The Bertz CT molecular complexity index is 536. The van der Waals surface area contributed by atoms with E-state index in [9.17, 15) is 0 Å². The van der Waals surface area contributed by atoms with E-state index in [1.165, 1.54) is 19.2 Å². The summed E-state index contributed by atoms with van der Waals surface area (Å²) in [5.74, 6) is 2.35. The summed E-state index contributed by atoms with van der Waals surface area (Å²) in [5.41, 5.74) is 1.82. The van der Waals surface area contributed by atoms with E-state index >= 15 is 0 Å². The Morgan fingerprint density at radius 2 is 2.00 bits per heavy atom. The van der Waals surface area contributed by atoms with Crippen LogP contribution in [0.25, 0.3) is 11.3 Å². The molecule has 2 aromatic rings. The first-order valence-corrected chi connectivity index (χ1v) is 6.25. The van der Waals surface area contributed by atoms with Gasteiger partial charge in [0, 0.05) is 36.5 Å². The second-order valence-corrected chi connectivity index (χ2v) is 4.43. The van der Waals surface area contributed by atoms with Crippen LogP contribution in [0.1, 0.15) is 31.5 Å². The van der Waals surface area contributed by atoms with E-state index in [1.54, 1.807) is 12.4 Å². The molecule has 0 aliphatic heterocycles. The van der Waals surface area contributed by atoms with Gasteiger partial charge < -0.3 is 5.32 Å². The van der Waals surface area contributed by atoms with Gasteiger partial charge in [0.2, 0.25) is 0 Å². The normalized spacial score (nSPS) is 14.5. The number of hydrogen-bond acceptors (Lipinski definition) is 5. The standard InChI is InChI=1S/C13H15N5/c1-2-16-12-5-11(10-6-14-8-15-7-10)17-13(18-12)9-3-4-9/h5-9H,2-4H2,1H3,(H,16,17,18). The predicted molar refractivity (Wildman–Crippen MR) is 69.2 cm³/mol. The average molecular weight is 241 g/mol. The van der Waals surface area contributed by atoms with E-state index in [0.29, 0.717) is 5.92 Å². The highest BCUT2D eigenvalue weighted by molar-refractivity contribution is 5.60. The van der Waals surface area contributed by atoms with Gasteiger partial charge in [-0.15, -0.1) is 0 Å². The van der Waals surface area contributed by atoms with Crippen LogP contribution < -0.4 is 5.32 Å². The molecule has 0 spiro atoms. The second-order valence-electron chi connectivity index (χ2n) is 4.43. The SMILES string of the molecule is CCNc1cc(-c2cncnc2)nc(C2CC2)n1. The summed E-state index contributed by atoms with van der Waals surface area (Å²) in [4.78, 5) is 17.2. The van der Waals surface area contributed by atoms with Crippen LogP contribution in [0.5, 0.6) is 0 Å². The lowest BCUT2D eigenvalue weighted by molar-refractivity contribution is 0.926. The third kappa shape index (κ3) is 2.30. The Labute approximate surface area is 106 Å². The van der Waals surface area contributed by atoms with Crippen molar-refractivity contribution in [3.63, 3.8) is 0 Å². The zero-order chi connectivity index (χ0) is 12.4. The topological polar surface area (TPSA) is 63.6 Å². The fraction of sp³-hybridized carbons (Fsp3) is 0.385. The highest BCUT2D eigenvalue weighted by Gasteiger charge is 2.27. The summed E-state index contributed by atoms with van der Waals surface area (Å²) >= 11 is 0. The highest BCUT2D eigenvalue weighted by atomic mass is 15.0. The zero-order valence-corrected chi connectivity index (χ0v) is 10.3. The number of hydrogen-bond donors (Lipinski definition) is 1. The van der Waals surface area contributed by atoms with Crippen LogP contribution in [0, 0.1) is 0 Å². The van der Waals surface area contributed by atoms with Crippen LogP contribution in [-0.4, -0.2) is 26.5 Å². The quantitative estimate of drug-likeness (QED) is 0.889. The molecule has 0 amide bonds. The fourth-order valence-electron chi connectivity index (χ4n) is 1.84. The molecule has 1 fully saturated rings. The molecular formula is C13H15N5. The van der Waals surface area contributed by atoms with Crippen LogP contribution in [0.4, 0.5) is 5.82 Å². The van der Waals surface area contributed by atoms with Gasteiger partial charge in [-0.2, -0.15) is 0 Å². The summed E-state index contributed by atoms with van der Waals surface area (Å²) in [6.07, 6.45) is 7.47. The van der Waals surface area contributed by atoms with Gasteiger partial charge in [0.05, 0.1) is 5.69 Å². The number of nitrogens with one attached hydrogen (secondary N) is 1. The van der Waals surface area contributed by atoms with Gasteiger partial charge in [-0.25, -0.2) is 19.9 Å². The third-order valence-electron chi connectivity index (χ3n) is 2.90. The van der Waals surface area contributed by atoms with Crippen molar-refractivity contribution in [1.82, 2.24) is 19.9 Å². The van der Waals surface area contributed by atoms with Gasteiger partial charge in [-0.05, 0) is 19.8 Å². The van der Waals surface area contributed by atoms with Crippen LogP contribution in [0.15, 0.2) is 24.8 Å². The van der Waals surface area contributed by atoms with Gasteiger partial charge in [-0.1, -0.05) is 0 Å². The predicted octanol–water partition coefficient (Wildman–Crippen LogP) is 2.24. The summed E-state index contributed by atoms with van der Waals surface area (Å²) in [7, 11) is 0. The van der Waals surface area contributed by atoms with E-state index in [-0.39, 0.29) is 0 Å². The van der Waals surface area contributed by atoms with Crippen molar-refractivity contribution in [2.75, 3.05) is 11.9 Å². The summed E-state index contributed by atoms with van der Waals surface area (Å²) in [6, 6.07) is 1.95. The van der Waals surface area contributed by atoms with Crippen molar-refractivity contribution in [2.24, 2.45) is 0 Å². The first kappa shape index (κ1) is 11.1. The molecule has 0 aromatic carbocycles. The van der Waals surface area contributed by atoms with Crippen molar-refractivity contribution in [3.8, 4) is 11.3 Å².